The normalized spacial score (nSPS) is 9.83. The summed E-state index contributed by atoms with van der Waals surface area (Å²) < 4.78 is 19.1. The summed E-state index contributed by atoms with van der Waals surface area (Å²) in [6.45, 7) is 0. The van der Waals surface area contributed by atoms with E-state index in [1.165, 1.54) is 12.1 Å². The molecule has 2 aromatic carbocycles. The lowest BCUT2D eigenvalue weighted by Gasteiger charge is -2.10. The molecular formula is C14H9ClFNO. The third kappa shape index (κ3) is 2.61. The lowest BCUT2D eigenvalue weighted by molar-refractivity contribution is 0.439. The predicted molar refractivity (Wildman–Crippen MR) is 67.2 cm³/mol. The van der Waals surface area contributed by atoms with Crippen LogP contribution in [0.2, 0.25) is 0 Å². The van der Waals surface area contributed by atoms with Gasteiger partial charge in [0.15, 0.2) is 11.6 Å². The van der Waals surface area contributed by atoms with Gasteiger partial charge in [-0.25, -0.2) is 4.39 Å². The molecule has 0 aromatic heterocycles. The Morgan fingerprint density at radius 2 is 1.94 bits per heavy atom. The molecule has 0 heterocycles. The molecule has 4 heteroatoms. The van der Waals surface area contributed by atoms with Gasteiger partial charge in [0, 0.05) is 5.56 Å². The van der Waals surface area contributed by atoms with E-state index in [0.717, 1.165) is 11.6 Å². The molecule has 90 valence electrons. The Kier molecular flexibility index (Phi) is 3.81. The average Bonchev–Trinajstić information content (AvgIpc) is 2.41. The molecule has 18 heavy (non-hydrogen) atoms. The zero-order valence-corrected chi connectivity index (χ0v) is 10.1. The van der Waals surface area contributed by atoms with E-state index in [1.54, 1.807) is 12.1 Å². The third-order valence-electron chi connectivity index (χ3n) is 2.40. The number of rotatable bonds is 3. The fraction of sp³-hybridized carbons (Fsp3) is 0.0714. The van der Waals surface area contributed by atoms with Gasteiger partial charge in [0.2, 0.25) is 0 Å². The number of nitrogens with zero attached hydrogens (tertiary/aromatic N) is 1. The zero-order valence-electron chi connectivity index (χ0n) is 9.36. The second-order valence-electron chi connectivity index (χ2n) is 3.60. The first kappa shape index (κ1) is 12.4. The molecule has 0 aliphatic rings. The summed E-state index contributed by atoms with van der Waals surface area (Å²) in [6, 6.07) is 13.1. The summed E-state index contributed by atoms with van der Waals surface area (Å²) in [4.78, 5) is 0. The van der Waals surface area contributed by atoms with Crippen LogP contribution in [0.15, 0.2) is 42.5 Å². The van der Waals surface area contributed by atoms with Crippen LogP contribution >= 0.6 is 11.6 Å². The number of alkyl halides is 1. The number of hydrogen-bond acceptors (Lipinski definition) is 2. The fourth-order valence-electron chi connectivity index (χ4n) is 1.49. The van der Waals surface area contributed by atoms with Gasteiger partial charge in [-0.2, -0.15) is 5.26 Å². The van der Waals surface area contributed by atoms with E-state index in [0.29, 0.717) is 5.75 Å². The number of ether oxygens (including phenoxy) is 1. The van der Waals surface area contributed by atoms with Crippen LogP contribution in [-0.4, -0.2) is 0 Å². The monoisotopic (exact) mass is 261 g/mol. The highest BCUT2D eigenvalue weighted by atomic mass is 35.5. The molecule has 0 aliphatic carbocycles. The summed E-state index contributed by atoms with van der Waals surface area (Å²) in [5.74, 6) is 0.301. The number of nitriles is 1. The molecule has 0 radical (unpaired) electrons. The zero-order chi connectivity index (χ0) is 13.0. The van der Waals surface area contributed by atoms with Gasteiger partial charge in [0.25, 0.3) is 0 Å². The van der Waals surface area contributed by atoms with Crippen molar-refractivity contribution in [3.05, 3.63) is 59.4 Å². The molecule has 2 aromatic rings. The first-order chi connectivity index (χ1) is 8.74. The van der Waals surface area contributed by atoms with E-state index >= 15 is 0 Å². The number of para-hydroxylation sites is 1. The first-order valence-corrected chi connectivity index (χ1v) is 5.79. The molecule has 0 saturated carbocycles. The lowest BCUT2D eigenvalue weighted by atomic mass is 10.2. The standard InChI is InChI=1S/C14H9ClFNO/c15-8-11-3-1-2-4-13(11)18-14-6-5-10(9-17)7-12(14)16/h1-7H,8H2. The summed E-state index contributed by atoms with van der Waals surface area (Å²) in [7, 11) is 0. The van der Waals surface area contributed by atoms with Crippen molar-refractivity contribution in [2.45, 2.75) is 5.88 Å². The minimum Gasteiger partial charge on any atom is -0.454 e. The number of benzene rings is 2. The van der Waals surface area contributed by atoms with E-state index in [4.69, 9.17) is 21.6 Å². The van der Waals surface area contributed by atoms with Crippen molar-refractivity contribution in [1.29, 1.82) is 5.26 Å². The second kappa shape index (κ2) is 5.52. The maximum Gasteiger partial charge on any atom is 0.167 e. The van der Waals surface area contributed by atoms with Crippen LogP contribution < -0.4 is 4.74 Å². The van der Waals surface area contributed by atoms with E-state index < -0.39 is 5.82 Å². The highest BCUT2D eigenvalue weighted by Gasteiger charge is 2.08. The molecule has 0 N–H and O–H groups in total. The predicted octanol–water partition coefficient (Wildman–Crippen LogP) is 4.23. The number of halogens is 2. The Hall–Kier alpha value is -2.05. The Bertz CT molecular complexity index is 607. The van der Waals surface area contributed by atoms with Gasteiger partial charge in [0.1, 0.15) is 5.75 Å². The maximum atomic E-state index is 13.6. The van der Waals surface area contributed by atoms with Crippen LogP contribution in [0.25, 0.3) is 0 Å². The van der Waals surface area contributed by atoms with Crippen molar-refractivity contribution in [3.63, 3.8) is 0 Å². The van der Waals surface area contributed by atoms with Gasteiger partial charge in [0.05, 0.1) is 17.5 Å². The average molecular weight is 262 g/mol. The van der Waals surface area contributed by atoms with Crippen molar-refractivity contribution in [2.24, 2.45) is 0 Å². The molecular weight excluding hydrogens is 253 g/mol. The molecule has 2 rings (SSSR count). The van der Waals surface area contributed by atoms with Crippen LogP contribution in [0, 0.1) is 17.1 Å². The first-order valence-electron chi connectivity index (χ1n) is 5.26. The molecule has 0 fully saturated rings. The smallest absolute Gasteiger partial charge is 0.167 e. The molecule has 0 spiro atoms. The quantitative estimate of drug-likeness (QED) is 0.775. The van der Waals surface area contributed by atoms with Crippen LogP contribution in [0.3, 0.4) is 0 Å². The van der Waals surface area contributed by atoms with E-state index in [2.05, 4.69) is 0 Å². The summed E-state index contributed by atoms with van der Waals surface area (Å²) >= 11 is 5.77. The van der Waals surface area contributed by atoms with Crippen molar-refractivity contribution >= 4 is 11.6 Å². The maximum absolute atomic E-state index is 13.6. The van der Waals surface area contributed by atoms with Crippen molar-refractivity contribution in [2.75, 3.05) is 0 Å². The third-order valence-corrected chi connectivity index (χ3v) is 2.69. The van der Waals surface area contributed by atoms with Crippen molar-refractivity contribution < 1.29 is 9.13 Å². The molecule has 0 amide bonds. The topological polar surface area (TPSA) is 33.0 Å². The lowest BCUT2D eigenvalue weighted by Crippen LogP contribution is -1.92. The summed E-state index contributed by atoms with van der Waals surface area (Å²) in [5, 5.41) is 8.65. The molecule has 0 unspecified atom stereocenters. The van der Waals surface area contributed by atoms with Crippen LogP contribution in [-0.2, 0) is 5.88 Å². The Morgan fingerprint density at radius 1 is 1.17 bits per heavy atom. The highest BCUT2D eigenvalue weighted by Crippen LogP contribution is 2.28. The fourth-order valence-corrected chi connectivity index (χ4v) is 1.71. The minimum absolute atomic E-state index is 0.0755. The van der Waals surface area contributed by atoms with E-state index in [-0.39, 0.29) is 17.2 Å². The second-order valence-corrected chi connectivity index (χ2v) is 3.87. The van der Waals surface area contributed by atoms with Crippen molar-refractivity contribution in [3.8, 4) is 17.6 Å². The van der Waals surface area contributed by atoms with Gasteiger partial charge in [-0.15, -0.1) is 11.6 Å². The molecule has 0 saturated heterocycles. The minimum atomic E-state index is -0.571. The molecule has 2 nitrogen and oxygen atoms in total. The van der Waals surface area contributed by atoms with Crippen molar-refractivity contribution in [1.82, 2.24) is 0 Å². The molecule has 0 bridgehead atoms. The van der Waals surface area contributed by atoms with E-state index in [9.17, 15) is 4.39 Å². The van der Waals surface area contributed by atoms with Gasteiger partial charge >= 0.3 is 0 Å². The Labute approximate surface area is 109 Å². The van der Waals surface area contributed by atoms with Crippen LogP contribution in [0.5, 0.6) is 11.5 Å². The van der Waals surface area contributed by atoms with Gasteiger partial charge < -0.3 is 4.74 Å². The summed E-state index contributed by atoms with van der Waals surface area (Å²) in [5.41, 5.74) is 1.04. The van der Waals surface area contributed by atoms with Gasteiger partial charge in [-0.05, 0) is 24.3 Å². The largest absolute Gasteiger partial charge is 0.454 e. The number of hydrogen-bond donors (Lipinski definition) is 0. The Morgan fingerprint density at radius 3 is 2.61 bits per heavy atom. The SMILES string of the molecule is N#Cc1ccc(Oc2ccccc2CCl)c(F)c1. The van der Waals surface area contributed by atoms with Crippen LogP contribution in [0.4, 0.5) is 4.39 Å². The summed E-state index contributed by atoms with van der Waals surface area (Å²) in [6.07, 6.45) is 0. The molecule has 0 aliphatic heterocycles. The van der Waals surface area contributed by atoms with Gasteiger partial charge in [-0.3, -0.25) is 0 Å². The highest BCUT2D eigenvalue weighted by molar-refractivity contribution is 6.17. The van der Waals surface area contributed by atoms with Gasteiger partial charge in [-0.1, -0.05) is 18.2 Å². The molecule has 0 atom stereocenters. The van der Waals surface area contributed by atoms with E-state index in [1.807, 2.05) is 18.2 Å². The Balaban J connectivity index is 2.32. The van der Waals surface area contributed by atoms with Crippen LogP contribution in [0.1, 0.15) is 11.1 Å².